The van der Waals surface area contributed by atoms with E-state index in [1.165, 1.54) is 0 Å². The topological polar surface area (TPSA) is 29.5 Å². The van der Waals surface area contributed by atoms with Crippen molar-refractivity contribution in [2.24, 2.45) is 0 Å². The van der Waals surface area contributed by atoms with E-state index in [1.807, 2.05) is 0 Å². The standard InChI is InChI=1S/C14H30O2Si/c1-8-9-14(15)10-16-17(11(2)3,12(4)5)13(6)7/h8,11-15H,1,9-10H2,2-7H3/t14-/m1/s1. The third-order valence-electron chi connectivity index (χ3n) is 3.67. The van der Waals surface area contributed by atoms with Gasteiger partial charge in [0.05, 0.1) is 12.7 Å². The Morgan fingerprint density at radius 3 is 1.76 bits per heavy atom. The molecule has 0 radical (unpaired) electrons. The second-order valence-corrected chi connectivity index (χ2v) is 11.3. The molecule has 0 spiro atoms. The third-order valence-corrected chi connectivity index (χ3v) is 9.75. The summed E-state index contributed by atoms with van der Waals surface area (Å²) < 4.78 is 6.27. The average molecular weight is 258 g/mol. The van der Waals surface area contributed by atoms with Crippen molar-refractivity contribution in [2.45, 2.75) is 70.7 Å². The molecule has 0 heterocycles. The molecule has 17 heavy (non-hydrogen) atoms. The molecule has 102 valence electrons. The minimum Gasteiger partial charge on any atom is -0.413 e. The van der Waals surface area contributed by atoms with E-state index in [4.69, 9.17) is 4.43 Å². The Hall–Kier alpha value is -0.123. The Kier molecular flexibility index (Phi) is 7.29. The Balaban J connectivity index is 4.75. The van der Waals surface area contributed by atoms with E-state index in [0.29, 0.717) is 29.7 Å². The number of hydrogen-bond acceptors (Lipinski definition) is 2. The lowest BCUT2D eigenvalue weighted by atomic mass is 10.3. The molecule has 0 unspecified atom stereocenters. The van der Waals surface area contributed by atoms with Crippen LogP contribution in [0.15, 0.2) is 12.7 Å². The zero-order valence-corrected chi connectivity index (χ0v) is 13.4. The normalized spacial score (nSPS) is 14.7. The molecule has 1 atom stereocenters. The van der Waals surface area contributed by atoms with Gasteiger partial charge < -0.3 is 9.53 Å². The highest BCUT2D eigenvalue weighted by Crippen LogP contribution is 2.42. The van der Waals surface area contributed by atoms with E-state index in [1.54, 1.807) is 6.08 Å². The van der Waals surface area contributed by atoms with Crippen LogP contribution in [0.1, 0.15) is 48.0 Å². The van der Waals surface area contributed by atoms with Crippen LogP contribution in [0.5, 0.6) is 0 Å². The molecule has 0 aliphatic carbocycles. The van der Waals surface area contributed by atoms with Crippen LogP contribution in [0.2, 0.25) is 16.6 Å². The molecule has 0 bridgehead atoms. The molecule has 0 aliphatic rings. The van der Waals surface area contributed by atoms with Gasteiger partial charge in [-0.25, -0.2) is 0 Å². The van der Waals surface area contributed by atoms with Gasteiger partial charge in [0.2, 0.25) is 0 Å². The summed E-state index contributed by atoms with van der Waals surface area (Å²) in [6.45, 7) is 17.6. The third kappa shape index (κ3) is 4.23. The van der Waals surface area contributed by atoms with Crippen molar-refractivity contribution in [3.63, 3.8) is 0 Å². The molecule has 0 saturated heterocycles. The lowest BCUT2D eigenvalue weighted by molar-refractivity contribution is 0.0997. The van der Waals surface area contributed by atoms with Crippen LogP contribution < -0.4 is 0 Å². The Bertz CT molecular complexity index is 202. The number of rotatable bonds is 8. The fraction of sp³-hybridized carbons (Fsp3) is 0.857. The molecular weight excluding hydrogens is 228 g/mol. The Labute approximate surface area is 108 Å². The van der Waals surface area contributed by atoms with Crippen LogP contribution in [-0.2, 0) is 4.43 Å². The summed E-state index contributed by atoms with van der Waals surface area (Å²) in [4.78, 5) is 0. The first-order valence-corrected chi connectivity index (χ1v) is 8.85. The molecule has 0 aromatic heterocycles. The monoisotopic (exact) mass is 258 g/mol. The highest BCUT2D eigenvalue weighted by Gasteiger charge is 2.45. The van der Waals surface area contributed by atoms with Gasteiger partial charge in [-0.15, -0.1) is 6.58 Å². The predicted molar refractivity (Wildman–Crippen MR) is 77.8 cm³/mol. The average Bonchev–Trinajstić information content (AvgIpc) is 2.17. The Morgan fingerprint density at radius 2 is 1.47 bits per heavy atom. The smallest absolute Gasteiger partial charge is 0.200 e. The number of hydrogen-bond donors (Lipinski definition) is 1. The molecule has 0 saturated carbocycles. The van der Waals surface area contributed by atoms with Gasteiger partial charge in [-0.1, -0.05) is 47.6 Å². The first-order chi connectivity index (χ1) is 7.78. The lowest BCUT2D eigenvalue weighted by Gasteiger charge is -2.42. The van der Waals surface area contributed by atoms with E-state index in [0.717, 1.165) is 0 Å². The van der Waals surface area contributed by atoms with Crippen LogP contribution in [0.4, 0.5) is 0 Å². The first kappa shape index (κ1) is 16.9. The zero-order chi connectivity index (χ0) is 13.6. The fourth-order valence-electron chi connectivity index (χ4n) is 3.00. The molecule has 2 nitrogen and oxygen atoms in total. The van der Waals surface area contributed by atoms with Gasteiger partial charge >= 0.3 is 0 Å². The van der Waals surface area contributed by atoms with Gasteiger partial charge in [0.25, 0.3) is 0 Å². The molecule has 0 amide bonds. The minimum atomic E-state index is -1.81. The summed E-state index contributed by atoms with van der Waals surface area (Å²) in [5, 5.41) is 9.78. The van der Waals surface area contributed by atoms with Crippen molar-refractivity contribution in [3.05, 3.63) is 12.7 Å². The second kappa shape index (κ2) is 7.34. The van der Waals surface area contributed by atoms with E-state index >= 15 is 0 Å². The summed E-state index contributed by atoms with van der Waals surface area (Å²) >= 11 is 0. The summed E-state index contributed by atoms with van der Waals surface area (Å²) in [5.74, 6) is 0. The van der Waals surface area contributed by atoms with E-state index in [2.05, 4.69) is 48.1 Å². The van der Waals surface area contributed by atoms with Gasteiger partial charge in [0.1, 0.15) is 0 Å². The van der Waals surface area contributed by atoms with E-state index < -0.39 is 14.4 Å². The van der Waals surface area contributed by atoms with E-state index in [-0.39, 0.29) is 0 Å². The maximum Gasteiger partial charge on any atom is 0.200 e. The van der Waals surface area contributed by atoms with Crippen molar-refractivity contribution in [1.82, 2.24) is 0 Å². The van der Waals surface area contributed by atoms with Crippen molar-refractivity contribution >= 4 is 8.32 Å². The molecule has 1 N–H and O–H groups in total. The molecule has 3 heteroatoms. The molecule has 0 aromatic carbocycles. The number of aliphatic hydroxyl groups excluding tert-OH is 1. The highest BCUT2D eigenvalue weighted by molar-refractivity contribution is 6.77. The molecule has 0 fully saturated rings. The van der Waals surface area contributed by atoms with Crippen LogP contribution in [0.25, 0.3) is 0 Å². The molecular formula is C14H30O2Si. The van der Waals surface area contributed by atoms with Gasteiger partial charge in [-0.2, -0.15) is 0 Å². The maximum atomic E-state index is 9.78. The van der Waals surface area contributed by atoms with Gasteiger partial charge in [-0.05, 0) is 23.0 Å². The quantitative estimate of drug-likeness (QED) is 0.524. The van der Waals surface area contributed by atoms with Crippen LogP contribution in [0.3, 0.4) is 0 Å². The summed E-state index contributed by atoms with van der Waals surface area (Å²) in [6.07, 6.45) is 1.95. The SMILES string of the molecule is C=CC[C@@H](O)CO[Si](C(C)C)(C(C)C)C(C)C. The molecule has 0 rings (SSSR count). The highest BCUT2D eigenvalue weighted by atomic mass is 28.4. The fourth-order valence-corrected chi connectivity index (χ4v) is 8.48. The summed E-state index contributed by atoms with van der Waals surface area (Å²) in [7, 11) is -1.81. The first-order valence-electron chi connectivity index (χ1n) is 6.71. The van der Waals surface area contributed by atoms with Crippen LogP contribution in [0, 0.1) is 0 Å². The second-order valence-electron chi connectivity index (χ2n) is 5.81. The van der Waals surface area contributed by atoms with Gasteiger partial charge in [0.15, 0.2) is 8.32 Å². The van der Waals surface area contributed by atoms with Crippen molar-refractivity contribution in [1.29, 1.82) is 0 Å². The molecule has 0 aromatic rings. The molecule has 0 aliphatic heterocycles. The minimum absolute atomic E-state index is 0.407. The predicted octanol–water partition coefficient (Wildman–Crippen LogP) is 4.12. The van der Waals surface area contributed by atoms with Gasteiger partial charge in [-0.3, -0.25) is 0 Å². The Morgan fingerprint density at radius 1 is 1.06 bits per heavy atom. The lowest BCUT2D eigenvalue weighted by Crippen LogP contribution is -2.49. The van der Waals surface area contributed by atoms with Crippen LogP contribution >= 0.6 is 0 Å². The van der Waals surface area contributed by atoms with Crippen LogP contribution in [-0.4, -0.2) is 26.1 Å². The van der Waals surface area contributed by atoms with E-state index in [9.17, 15) is 5.11 Å². The summed E-state index contributed by atoms with van der Waals surface area (Å²) in [5.41, 5.74) is 1.70. The van der Waals surface area contributed by atoms with Crippen molar-refractivity contribution < 1.29 is 9.53 Å². The van der Waals surface area contributed by atoms with Gasteiger partial charge in [0, 0.05) is 0 Å². The number of aliphatic hydroxyl groups is 1. The largest absolute Gasteiger partial charge is 0.413 e. The summed E-state index contributed by atoms with van der Waals surface area (Å²) in [6, 6.07) is 0. The van der Waals surface area contributed by atoms with Crippen molar-refractivity contribution in [2.75, 3.05) is 6.61 Å². The van der Waals surface area contributed by atoms with Crippen molar-refractivity contribution in [3.8, 4) is 0 Å². The maximum absolute atomic E-state index is 9.78. The zero-order valence-electron chi connectivity index (χ0n) is 12.4.